The summed E-state index contributed by atoms with van der Waals surface area (Å²) in [5, 5.41) is 11.8. The molecule has 2 amide bonds. The van der Waals surface area contributed by atoms with Crippen molar-refractivity contribution in [3.8, 4) is 6.07 Å². The van der Waals surface area contributed by atoms with Gasteiger partial charge in [0, 0.05) is 45.4 Å². The van der Waals surface area contributed by atoms with E-state index in [1.807, 2.05) is 49.3 Å². The van der Waals surface area contributed by atoms with Gasteiger partial charge in [0.2, 0.25) is 11.8 Å². The van der Waals surface area contributed by atoms with Crippen molar-refractivity contribution in [2.24, 2.45) is 0 Å². The maximum Gasteiger partial charge on any atom is 0.226 e. The lowest BCUT2D eigenvalue weighted by Crippen LogP contribution is -2.32. The van der Waals surface area contributed by atoms with Crippen molar-refractivity contribution in [1.29, 1.82) is 5.26 Å². The van der Waals surface area contributed by atoms with Crippen molar-refractivity contribution in [2.75, 3.05) is 35.8 Å². The van der Waals surface area contributed by atoms with Crippen molar-refractivity contribution in [2.45, 2.75) is 13.3 Å². The minimum absolute atomic E-state index is 0.132. The molecular formula is C20H22N4O2. The third-order valence-corrected chi connectivity index (χ3v) is 3.94. The summed E-state index contributed by atoms with van der Waals surface area (Å²) in [4.78, 5) is 27.7. The number of nitriles is 1. The van der Waals surface area contributed by atoms with Crippen molar-refractivity contribution in [3.63, 3.8) is 0 Å². The van der Waals surface area contributed by atoms with E-state index >= 15 is 0 Å². The number of hydrogen-bond donors (Lipinski definition) is 1. The largest absolute Gasteiger partial charge is 0.378 e. The molecule has 0 aliphatic heterocycles. The molecule has 26 heavy (non-hydrogen) atoms. The molecule has 134 valence electrons. The van der Waals surface area contributed by atoms with E-state index in [1.54, 1.807) is 29.2 Å². The highest BCUT2D eigenvalue weighted by Gasteiger charge is 2.14. The topological polar surface area (TPSA) is 76.4 Å². The van der Waals surface area contributed by atoms with Gasteiger partial charge in [-0.25, -0.2) is 0 Å². The van der Waals surface area contributed by atoms with Crippen LogP contribution in [0.25, 0.3) is 0 Å². The Morgan fingerprint density at radius 3 is 2.23 bits per heavy atom. The van der Waals surface area contributed by atoms with Gasteiger partial charge in [-0.3, -0.25) is 9.59 Å². The zero-order chi connectivity index (χ0) is 19.1. The van der Waals surface area contributed by atoms with Gasteiger partial charge in [0.1, 0.15) is 6.07 Å². The summed E-state index contributed by atoms with van der Waals surface area (Å²) in [5.74, 6) is -0.378. The second-order valence-electron chi connectivity index (χ2n) is 6.04. The summed E-state index contributed by atoms with van der Waals surface area (Å²) in [7, 11) is 3.89. The fourth-order valence-electron chi connectivity index (χ4n) is 2.51. The Kier molecular flexibility index (Phi) is 6.34. The maximum absolute atomic E-state index is 12.2. The normalized spacial score (nSPS) is 9.92. The predicted molar refractivity (Wildman–Crippen MR) is 103 cm³/mol. The van der Waals surface area contributed by atoms with Crippen LogP contribution in [0.2, 0.25) is 0 Å². The zero-order valence-electron chi connectivity index (χ0n) is 15.2. The maximum atomic E-state index is 12.2. The molecule has 1 N–H and O–H groups in total. The highest BCUT2D eigenvalue weighted by atomic mass is 16.2. The van der Waals surface area contributed by atoms with Crippen LogP contribution in [0.4, 0.5) is 17.1 Å². The second kappa shape index (κ2) is 8.67. The van der Waals surface area contributed by atoms with Crippen LogP contribution in [0, 0.1) is 11.3 Å². The number of anilines is 3. The fraction of sp³-hybridized carbons (Fsp3) is 0.250. The summed E-state index contributed by atoms with van der Waals surface area (Å²) in [5.41, 5.74) is 2.66. The summed E-state index contributed by atoms with van der Waals surface area (Å²) in [6.07, 6.45) is 0.134. The summed E-state index contributed by atoms with van der Waals surface area (Å²) in [6.45, 7) is 1.74. The number of rotatable bonds is 6. The predicted octanol–water partition coefficient (Wildman–Crippen LogP) is 3.01. The Hall–Kier alpha value is -3.33. The molecule has 0 radical (unpaired) electrons. The molecular weight excluding hydrogens is 328 g/mol. The standard InChI is InChI=1S/C20H22N4O2/c1-15(25)24(18-10-8-17(9-11-18)23(2)3)13-12-20(26)22-19-7-5-4-6-16(19)14-21/h4-11H,12-13H2,1-3H3,(H,22,26). The molecule has 0 aliphatic carbocycles. The van der Waals surface area contributed by atoms with Crippen LogP contribution in [0.3, 0.4) is 0 Å². The molecule has 0 saturated carbocycles. The van der Waals surface area contributed by atoms with E-state index in [-0.39, 0.29) is 24.8 Å². The molecule has 0 atom stereocenters. The van der Waals surface area contributed by atoms with E-state index in [9.17, 15) is 9.59 Å². The number of para-hydroxylation sites is 1. The first-order valence-corrected chi connectivity index (χ1v) is 8.27. The number of nitrogens with zero attached hydrogens (tertiary/aromatic N) is 3. The minimum atomic E-state index is -0.246. The smallest absolute Gasteiger partial charge is 0.226 e. The quantitative estimate of drug-likeness (QED) is 0.869. The average molecular weight is 350 g/mol. The molecule has 2 aromatic rings. The fourth-order valence-corrected chi connectivity index (χ4v) is 2.51. The van der Waals surface area contributed by atoms with Crippen LogP contribution in [-0.4, -0.2) is 32.5 Å². The Balaban J connectivity index is 2.03. The third kappa shape index (κ3) is 4.84. The van der Waals surface area contributed by atoms with Crippen LogP contribution in [0.1, 0.15) is 18.9 Å². The third-order valence-electron chi connectivity index (χ3n) is 3.94. The van der Waals surface area contributed by atoms with Crippen LogP contribution in [0.15, 0.2) is 48.5 Å². The van der Waals surface area contributed by atoms with E-state index in [1.165, 1.54) is 6.92 Å². The molecule has 0 heterocycles. The van der Waals surface area contributed by atoms with Gasteiger partial charge in [0.05, 0.1) is 11.3 Å². The van der Waals surface area contributed by atoms with Gasteiger partial charge in [-0.2, -0.15) is 5.26 Å². The van der Waals surface area contributed by atoms with Crippen LogP contribution in [-0.2, 0) is 9.59 Å². The molecule has 0 aromatic heterocycles. The lowest BCUT2D eigenvalue weighted by Gasteiger charge is -2.22. The second-order valence-corrected chi connectivity index (χ2v) is 6.04. The minimum Gasteiger partial charge on any atom is -0.378 e. The van der Waals surface area contributed by atoms with Crippen LogP contribution < -0.4 is 15.1 Å². The van der Waals surface area contributed by atoms with Gasteiger partial charge in [-0.15, -0.1) is 0 Å². The van der Waals surface area contributed by atoms with E-state index in [0.29, 0.717) is 11.3 Å². The van der Waals surface area contributed by atoms with Gasteiger partial charge < -0.3 is 15.1 Å². The molecule has 0 spiro atoms. The summed E-state index contributed by atoms with van der Waals surface area (Å²) >= 11 is 0. The SMILES string of the molecule is CC(=O)N(CCC(=O)Nc1ccccc1C#N)c1ccc(N(C)C)cc1. The van der Waals surface area contributed by atoms with E-state index < -0.39 is 0 Å². The summed E-state index contributed by atoms with van der Waals surface area (Å²) < 4.78 is 0. The van der Waals surface area contributed by atoms with Gasteiger partial charge in [-0.1, -0.05) is 12.1 Å². The van der Waals surface area contributed by atoms with E-state index in [0.717, 1.165) is 11.4 Å². The van der Waals surface area contributed by atoms with Gasteiger partial charge in [0.15, 0.2) is 0 Å². The summed E-state index contributed by atoms with van der Waals surface area (Å²) in [6, 6.07) is 16.4. The molecule has 0 bridgehead atoms. The van der Waals surface area contributed by atoms with Gasteiger partial charge in [-0.05, 0) is 36.4 Å². The molecule has 6 nitrogen and oxygen atoms in total. The molecule has 0 saturated heterocycles. The van der Waals surface area contributed by atoms with E-state index in [2.05, 4.69) is 5.32 Å². The van der Waals surface area contributed by atoms with Crippen molar-refractivity contribution >= 4 is 28.9 Å². The molecule has 0 fully saturated rings. The lowest BCUT2D eigenvalue weighted by atomic mass is 10.2. The Morgan fingerprint density at radius 2 is 1.65 bits per heavy atom. The first-order valence-electron chi connectivity index (χ1n) is 8.27. The Bertz CT molecular complexity index is 822. The highest BCUT2D eigenvalue weighted by Crippen LogP contribution is 2.20. The van der Waals surface area contributed by atoms with Gasteiger partial charge >= 0.3 is 0 Å². The van der Waals surface area contributed by atoms with E-state index in [4.69, 9.17) is 5.26 Å². The van der Waals surface area contributed by atoms with Crippen LogP contribution in [0.5, 0.6) is 0 Å². The molecule has 6 heteroatoms. The highest BCUT2D eigenvalue weighted by molar-refractivity contribution is 5.95. The molecule has 2 aromatic carbocycles. The molecule has 0 unspecified atom stereocenters. The molecule has 0 aliphatic rings. The van der Waals surface area contributed by atoms with Crippen molar-refractivity contribution in [1.82, 2.24) is 0 Å². The number of amides is 2. The number of hydrogen-bond acceptors (Lipinski definition) is 4. The molecule has 2 rings (SSSR count). The number of carbonyl (C=O) groups excluding carboxylic acids is 2. The first kappa shape index (κ1) is 19.0. The van der Waals surface area contributed by atoms with Crippen molar-refractivity contribution < 1.29 is 9.59 Å². The first-order chi connectivity index (χ1) is 12.4. The Labute approximate surface area is 153 Å². The van der Waals surface area contributed by atoms with Crippen LogP contribution >= 0.6 is 0 Å². The number of benzene rings is 2. The number of nitrogens with one attached hydrogen (secondary N) is 1. The monoisotopic (exact) mass is 350 g/mol. The lowest BCUT2D eigenvalue weighted by molar-refractivity contribution is -0.117. The van der Waals surface area contributed by atoms with Crippen molar-refractivity contribution in [3.05, 3.63) is 54.1 Å². The Morgan fingerprint density at radius 1 is 1.04 bits per heavy atom. The zero-order valence-corrected chi connectivity index (χ0v) is 15.2. The van der Waals surface area contributed by atoms with Gasteiger partial charge in [0.25, 0.3) is 0 Å². The average Bonchev–Trinajstić information content (AvgIpc) is 2.62. The number of carbonyl (C=O) groups is 2.